The van der Waals surface area contributed by atoms with Gasteiger partial charge in [-0.15, -0.1) is 11.3 Å². The van der Waals surface area contributed by atoms with Crippen LogP contribution in [-0.4, -0.2) is 26.2 Å². The van der Waals surface area contributed by atoms with Crippen molar-refractivity contribution in [3.63, 3.8) is 0 Å². The summed E-state index contributed by atoms with van der Waals surface area (Å²) in [4.78, 5) is 13.0. The number of ether oxygens (including phenoxy) is 2. The molecular formula is C17H17F2NO3S. The average Bonchev–Trinajstić information content (AvgIpc) is 3.06. The van der Waals surface area contributed by atoms with Crippen LogP contribution in [0.1, 0.15) is 10.4 Å². The van der Waals surface area contributed by atoms with E-state index in [-0.39, 0.29) is 17.4 Å². The summed E-state index contributed by atoms with van der Waals surface area (Å²) in [6.45, 7) is -2.48. The van der Waals surface area contributed by atoms with Crippen LogP contribution >= 0.6 is 11.3 Å². The summed E-state index contributed by atoms with van der Waals surface area (Å²) in [6.07, 6.45) is 3.44. The van der Waals surface area contributed by atoms with Crippen LogP contribution in [0.15, 0.2) is 41.8 Å². The van der Waals surface area contributed by atoms with Crippen LogP contribution in [0.25, 0.3) is 6.08 Å². The summed E-state index contributed by atoms with van der Waals surface area (Å²) in [5.41, 5.74) is 0.336. The van der Waals surface area contributed by atoms with E-state index in [1.807, 2.05) is 17.5 Å². The van der Waals surface area contributed by atoms with Crippen LogP contribution < -0.4 is 14.8 Å². The van der Waals surface area contributed by atoms with E-state index in [4.69, 9.17) is 4.74 Å². The van der Waals surface area contributed by atoms with Gasteiger partial charge in [-0.1, -0.05) is 18.2 Å². The number of benzene rings is 1. The van der Waals surface area contributed by atoms with Gasteiger partial charge >= 0.3 is 6.61 Å². The van der Waals surface area contributed by atoms with Crippen molar-refractivity contribution in [2.45, 2.75) is 13.0 Å². The molecule has 0 aliphatic rings. The van der Waals surface area contributed by atoms with Crippen molar-refractivity contribution >= 4 is 23.3 Å². The minimum absolute atomic E-state index is 0.0994. The highest BCUT2D eigenvalue weighted by atomic mass is 32.1. The number of para-hydroxylation sites is 1. The van der Waals surface area contributed by atoms with E-state index in [0.29, 0.717) is 12.1 Å². The van der Waals surface area contributed by atoms with E-state index >= 15 is 0 Å². The molecule has 0 atom stereocenters. The largest absolute Gasteiger partial charge is 0.493 e. The first-order valence-electron chi connectivity index (χ1n) is 7.20. The minimum Gasteiger partial charge on any atom is -0.493 e. The molecule has 24 heavy (non-hydrogen) atoms. The van der Waals surface area contributed by atoms with Gasteiger partial charge in [0.15, 0.2) is 11.5 Å². The Morgan fingerprint density at radius 1 is 1.33 bits per heavy atom. The SMILES string of the molecule is COc1cccc(/C=C/C(=O)NCCc2cccs2)c1OC(F)F. The summed E-state index contributed by atoms with van der Waals surface area (Å²) in [7, 11) is 1.36. The second kappa shape index (κ2) is 9.02. The Bertz CT molecular complexity index is 687. The van der Waals surface area contributed by atoms with Crippen molar-refractivity contribution in [3.8, 4) is 11.5 Å². The second-order valence-corrected chi connectivity index (χ2v) is 5.74. The molecule has 0 saturated heterocycles. The lowest BCUT2D eigenvalue weighted by Gasteiger charge is -2.12. The van der Waals surface area contributed by atoms with Crippen molar-refractivity contribution in [1.82, 2.24) is 5.32 Å². The molecule has 1 aromatic heterocycles. The third kappa shape index (κ3) is 5.34. The Labute approximate surface area is 142 Å². The molecule has 0 radical (unpaired) electrons. The Morgan fingerprint density at radius 3 is 2.83 bits per heavy atom. The second-order valence-electron chi connectivity index (χ2n) is 4.71. The maximum Gasteiger partial charge on any atom is 0.387 e. The van der Waals surface area contributed by atoms with Gasteiger partial charge in [0, 0.05) is 23.1 Å². The standard InChI is InChI=1S/C17H17F2NO3S/c1-22-14-6-2-4-12(16(14)23-17(18)19)7-8-15(21)20-10-9-13-5-3-11-24-13/h2-8,11,17H,9-10H2,1H3,(H,20,21)/b8-7+. The van der Waals surface area contributed by atoms with Crippen LogP contribution in [0.5, 0.6) is 11.5 Å². The van der Waals surface area contributed by atoms with Gasteiger partial charge in [0.2, 0.25) is 5.91 Å². The first-order valence-corrected chi connectivity index (χ1v) is 8.08. The number of nitrogens with one attached hydrogen (secondary N) is 1. The highest BCUT2D eigenvalue weighted by Gasteiger charge is 2.13. The fourth-order valence-electron chi connectivity index (χ4n) is 2.03. The molecule has 0 aliphatic carbocycles. The predicted octanol–water partition coefficient (Wildman–Crippen LogP) is 3.73. The van der Waals surface area contributed by atoms with Gasteiger partial charge in [-0.05, 0) is 30.0 Å². The Kier molecular flexibility index (Phi) is 6.74. The Balaban J connectivity index is 1.98. The van der Waals surface area contributed by atoms with Gasteiger partial charge in [-0.3, -0.25) is 4.79 Å². The third-order valence-corrected chi connectivity index (χ3v) is 4.04. The number of hydrogen-bond donors (Lipinski definition) is 1. The molecule has 7 heteroatoms. The number of amides is 1. The number of thiophene rings is 1. The van der Waals surface area contributed by atoms with E-state index in [1.54, 1.807) is 23.5 Å². The molecule has 1 amide bonds. The van der Waals surface area contributed by atoms with Gasteiger partial charge in [-0.2, -0.15) is 8.78 Å². The fourth-order valence-corrected chi connectivity index (χ4v) is 2.74. The first-order chi connectivity index (χ1) is 11.6. The monoisotopic (exact) mass is 353 g/mol. The number of rotatable bonds is 8. The molecule has 0 unspecified atom stereocenters. The molecule has 1 aromatic carbocycles. The number of hydrogen-bond acceptors (Lipinski definition) is 4. The maximum absolute atomic E-state index is 12.5. The molecule has 1 heterocycles. The minimum atomic E-state index is -2.98. The number of halogens is 2. The van der Waals surface area contributed by atoms with E-state index in [2.05, 4.69) is 10.1 Å². The predicted molar refractivity (Wildman–Crippen MR) is 89.7 cm³/mol. The first kappa shape index (κ1) is 17.9. The normalized spacial score (nSPS) is 11.0. The van der Waals surface area contributed by atoms with Crippen molar-refractivity contribution in [2.75, 3.05) is 13.7 Å². The van der Waals surface area contributed by atoms with Crippen LogP contribution in [0, 0.1) is 0 Å². The third-order valence-electron chi connectivity index (χ3n) is 3.10. The van der Waals surface area contributed by atoms with Gasteiger partial charge in [0.05, 0.1) is 7.11 Å². The molecule has 4 nitrogen and oxygen atoms in total. The summed E-state index contributed by atoms with van der Waals surface area (Å²) in [5, 5.41) is 4.72. The number of carbonyl (C=O) groups is 1. The van der Waals surface area contributed by atoms with Gasteiger partial charge in [0.1, 0.15) is 0 Å². The quantitative estimate of drug-likeness (QED) is 0.736. The summed E-state index contributed by atoms with van der Waals surface area (Å²) >= 11 is 1.63. The number of methoxy groups -OCH3 is 1. The molecule has 2 aromatic rings. The highest BCUT2D eigenvalue weighted by Crippen LogP contribution is 2.33. The van der Waals surface area contributed by atoms with Crippen LogP contribution in [0.4, 0.5) is 8.78 Å². The Hall–Kier alpha value is -2.41. The van der Waals surface area contributed by atoms with E-state index < -0.39 is 6.61 Å². The zero-order chi connectivity index (χ0) is 17.4. The van der Waals surface area contributed by atoms with Gasteiger partial charge < -0.3 is 14.8 Å². The van der Waals surface area contributed by atoms with Crippen LogP contribution in [-0.2, 0) is 11.2 Å². The molecule has 0 aliphatic heterocycles. The summed E-state index contributed by atoms with van der Waals surface area (Å²) in [6, 6.07) is 8.66. The lowest BCUT2D eigenvalue weighted by atomic mass is 10.1. The topological polar surface area (TPSA) is 47.6 Å². The highest BCUT2D eigenvalue weighted by molar-refractivity contribution is 7.09. The van der Waals surface area contributed by atoms with Crippen molar-refractivity contribution in [2.24, 2.45) is 0 Å². The number of alkyl halides is 2. The molecule has 0 bridgehead atoms. The smallest absolute Gasteiger partial charge is 0.387 e. The molecule has 128 valence electrons. The van der Waals surface area contributed by atoms with Gasteiger partial charge in [0.25, 0.3) is 0 Å². The summed E-state index contributed by atoms with van der Waals surface area (Å²) < 4.78 is 34.6. The molecule has 1 N–H and O–H groups in total. The van der Waals surface area contributed by atoms with E-state index in [0.717, 1.165) is 6.42 Å². The Morgan fingerprint density at radius 2 is 2.17 bits per heavy atom. The lowest BCUT2D eigenvalue weighted by molar-refractivity contribution is -0.116. The van der Waals surface area contributed by atoms with Crippen LogP contribution in [0.2, 0.25) is 0 Å². The molecule has 0 spiro atoms. The lowest BCUT2D eigenvalue weighted by Crippen LogP contribution is -2.23. The average molecular weight is 353 g/mol. The molecular weight excluding hydrogens is 336 g/mol. The van der Waals surface area contributed by atoms with Crippen molar-refractivity contribution < 1.29 is 23.0 Å². The molecule has 2 rings (SSSR count). The van der Waals surface area contributed by atoms with E-state index in [1.165, 1.54) is 30.2 Å². The summed E-state index contributed by atoms with van der Waals surface area (Å²) in [5.74, 6) is -0.231. The van der Waals surface area contributed by atoms with Crippen molar-refractivity contribution in [3.05, 3.63) is 52.2 Å². The molecule has 0 fully saturated rings. The maximum atomic E-state index is 12.5. The zero-order valence-corrected chi connectivity index (χ0v) is 13.8. The zero-order valence-electron chi connectivity index (χ0n) is 13.0. The number of carbonyl (C=O) groups excluding carboxylic acids is 1. The van der Waals surface area contributed by atoms with Crippen LogP contribution in [0.3, 0.4) is 0 Å². The van der Waals surface area contributed by atoms with E-state index in [9.17, 15) is 13.6 Å². The van der Waals surface area contributed by atoms with Gasteiger partial charge in [-0.25, -0.2) is 0 Å². The fraction of sp³-hybridized carbons (Fsp3) is 0.235. The van der Waals surface area contributed by atoms with Crippen molar-refractivity contribution in [1.29, 1.82) is 0 Å². The molecule has 0 saturated carbocycles.